The molecular formula is C31H31N3O3. The van der Waals surface area contributed by atoms with Crippen molar-refractivity contribution in [1.82, 2.24) is 9.55 Å². The van der Waals surface area contributed by atoms with Crippen LogP contribution >= 0.6 is 0 Å². The molecule has 3 aromatic carbocycles. The van der Waals surface area contributed by atoms with E-state index < -0.39 is 12.5 Å². The molecule has 1 unspecified atom stereocenters. The monoisotopic (exact) mass is 494 g/mol. The molecule has 0 aliphatic heterocycles. The molecule has 37 heavy (non-hydrogen) atoms. The van der Waals surface area contributed by atoms with E-state index in [0.717, 1.165) is 60.3 Å². The predicted octanol–water partition coefficient (Wildman–Crippen LogP) is 6.45. The van der Waals surface area contributed by atoms with E-state index in [1.165, 1.54) is 6.08 Å². The zero-order valence-electron chi connectivity index (χ0n) is 21.9. The number of anilines is 1. The fourth-order valence-corrected chi connectivity index (χ4v) is 4.97. The molecule has 0 saturated heterocycles. The molecule has 1 N–H and O–H groups in total. The van der Waals surface area contributed by atoms with E-state index in [1.54, 1.807) is 29.4 Å². The van der Waals surface area contributed by atoms with E-state index in [0.29, 0.717) is 16.8 Å². The molecule has 0 radical (unpaired) electrons. The minimum absolute atomic E-state index is 0.0465. The van der Waals surface area contributed by atoms with Crippen LogP contribution < -0.4 is 4.90 Å². The van der Waals surface area contributed by atoms with Crippen molar-refractivity contribution < 1.29 is 16.1 Å². The minimum Gasteiger partial charge on any atom is -0.478 e. The zero-order chi connectivity index (χ0) is 26.6. The van der Waals surface area contributed by atoms with Gasteiger partial charge in [-0.15, -0.1) is 0 Å². The molecule has 0 spiro atoms. The number of nitrogens with zero attached hydrogens (tertiary/aromatic N) is 3. The van der Waals surface area contributed by atoms with Crippen molar-refractivity contribution in [3.63, 3.8) is 0 Å². The van der Waals surface area contributed by atoms with E-state index in [2.05, 4.69) is 11.1 Å². The number of aliphatic carboxylic acids is 1. The van der Waals surface area contributed by atoms with Crippen molar-refractivity contribution in [2.24, 2.45) is 13.0 Å². The third-order valence-corrected chi connectivity index (χ3v) is 7.01. The first-order chi connectivity index (χ1) is 18.4. The highest BCUT2D eigenvalue weighted by molar-refractivity contribution is 5.95. The van der Waals surface area contributed by atoms with Gasteiger partial charge in [-0.3, -0.25) is 4.79 Å². The van der Waals surface area contributed by atoms with Crippen LogP contribution in [0.5, 0.6) is 0 Å². The second-order valence-corrected chi connectivity index (χ2v) is 9.62. The lowest BCUT2D eigenvalue weighted by Gasteiger charge is -2.30. The SMILES string of the molecule is [2H]C(c1ccc(-c2ccc3ncn(C)c3c2)cc1)N(C(=O)C1CCCCC1)c1cccc(/C=C/C(=O)O)c1. The number of carboxylic acid groups (broad SMARTS) is 1. The van der Waals surface area contributed by atoms with Gasteiger partial charge in [0.25, 0.3) is 0 Å². The number of aryl methyl sites for hydroxylation is 1. The van der Waals surface area contributed by atoms with Gasteiger partial charge >= 0.3 is 5.97 Å². The highest BCUT2D eigenvalue weighted by atomic mass is 16.4. The Morgan fingerprint density at radius 1 is 1.05 bits per heavy atom. The summed E-state index contributed by atoms with van der Waals surface area (Å²) in [5, 5.41) is 9.02. The second-order valence-electron chi connectivity index (χ2n) is 9.62. The third kappa shape index (κ3) is 5.64. The van der Waals surface area contributed by atoms with Crippen molar-refractivity contribution in [2.45, 2.75) is 38.6 Å². The maximum absolute atomic E-state index is 13.8. The topological polar surface area (TPSA) is 75.4 Å². The maximum atomic E-state index is 13.8. The summed E-state index contributed by atoms with van der Waals surface area (Å²) in [6.07, 6.45) is 9.20. The highest BCUT2D eigenvalue weighted by Gasteiger charge is 2.27. The third-order valence-electron chi connectivity index (χ3n) is 7.01. The summed E-state index contributed by atoms with van der Waals surface area (Å²) >= 11 is 0. The van der Waals surface area contributed by atoms with Crippen molar-refractivity contribution in [1.29, 1.82) is 0 Å². The molecule has 5 rings (SSSR count). The van der Waals surface area contributed by atoms with Crippen LogP contribution in [0.1, 0.15) is 44.6 Å². The van der Waals surface area contributed by atoms with Gasteiger partial charge in [0.05, 0.1) is 25.3 Å². The molecular weight excluding hydrogens is 462 g/mol. The summed E-state index contributed by atoms with van der Waals surface area (Å²) in [5.74, 6) is -1.19. The average molecular weight is 495 g/mol. The Hall–Kier alpha value is -4.19. The van der Waals surface area contributed by atoms with E-state index in [1.807, 2.05) is 54.1 Å². The number of carbonyl (C=O) groups excluding carboxylic acids is 1. The number of fused-ring (bicyclic) bond motifs is 1. The number of imidazole rings is 1. The van der Waals surface area contributed by atoms with Gasteiger partial charge < -0.3 is 14.6 Å². The summed E-state index contributed by atoms with van der Waals surface area (Å²) in [6, 6.07) is 21.1. The molecule has 1 fully saturated rings. The molecule has 1 aromatic heterocycles. The van der Waals surface area contributed by atoms with E-state index in [-0.39, 0.29) is 11.8 Å². The van der Waals surface area contributed by atoms with E-state index in [9.17, 15) is 9.59 Å². The van der Waals surface area contributed by atoms with Crippen LogP contribution in [0.4, 0.5) is 5.69 Å². The summed E-state index contributed by atoms with van der Waals surface area (Å²) in [5.41, 5.74) is 6.05. The normalized spacial score (nSPS) is 15.5. The molecule has 1 aliphatic carbocycles. The number of aromatic nitrogens is 2. The Morgan fingerprint density at radius 2 is 1.81 bits per heavy atom. The lowest BCUT2D eigenvalue weighted by Crippen LogP contribution is -2.36. The average Bonchev–Trinajstić information content (AvgIpc) is 3.32. The number of hydrogen-bond donors (Lipinski definition) is 1. The first-order valence-corrected chi connectivity index (χ1v) is 12.7. The molecule has 1 amide bonds. The molecule has 1 saturated carbocycles. The van der Waals surface area contributed by atoms with Crippen LogP contribution in [0.3, 0.4) is 0 Å². The Balaban J connectivity index is 1.47. The highest BCUT2D eigenvalue weighted by Crippen LogP contribution is 2.30. The first-order valence-electron chi connectivity index (χ1n) is 13.3. The summed E-state index contributed by atoms with van der Waals surface area (Å²) < 4.78 is 11.2. The number of rotatable bonds is 7. The zero-order valence-corrected chi connectivity index (χ0v) is 20.9. The maximum Gasteiger partial charge on any atom is 0.328 e. The van der Waals surface area contributed by atoms with E-state index in [4.69, 9.17) is 6.48 Å². The van der Waals surface area contributed by atoms with Crippen LogP contribution in [0.25, 0.3) is 28.2 Å². The molecule has 1 aliphatic rings. The largest absolute Gasteiger partial charge is 0.478 e. The van der Waals surface area contributed by atoms with Crippen LogP contribution in [0.15, 0.2) is 79.1 Å². The fourth-order valence-electron chi connectivity index (χ4n) is 4.97. The van der Waals surface area contributed by atoms with Gasteiger partial charge in [-0.05, 0) is 65.4 Å². The summed E-state index contributed by atoms with van der Waals surface area (Å²) in [4.78, 5) is 30.8. The van der Waals surface area contributed by atoms with Gasteiger partial charge in [0, 0.05) is 24.7 Å². The molecule has 6 nitrogen and oxygen atoms in total. The Morgan fingerprint density at radius 3 is 2.57 bits per heavy atom. The standard InChI is InChI=1S/C31H31N3O3/c1-33-21-32-28-16-15-26(19-29(28)33)24-13-10-23(11-14-24)20-34(31(37)25-7-3-2-4-8-25)27-9-5-6-22(18-27)12-17-30(35)36/h5-6,9-19,21,25H,2-4,7-8,20H2,1H3,(H,35,36)/b17-12+/i20D. The van der Waals surface area contributed by atoms with Crippen LogP contribution in [-0.2, 0) is 23.2 Å². The van der Waals surface area contributed by atoms with Crippen molar-refractivity contribution in [3.8, 4) is 11.1 Å². The predicted molar refractivity (Wildman–Crippen MR) is 147 cm³/mol. The van der Waals surface area contributed by atoms with Gasteiger partial charge in [-0.1, -0.05) is 61.7 Å². The molecule has 6 heteroatoms. The summed E-state index contributed by atoms with van der Waals surface area (Å²) in [6.45, 7) is -0.934. The van der Waals surface area contributed by atoms with Gasteiger partial charge in [0.1, 0.15) is 0 Å². The minimum atomic E-state index is -1.04. The summed E-state index contributed by atoms with van der Waals surface area (Å²) in [7, 11) is 1.97. The van der Waals surface area contributed by atoms with Crippen LogP contribution in [0, 0.1) is 5.92 Å². The van der Waals surface area contributed by atoms with Crippen molar-refractivity contribution in [3.05, 3.63) is 90.3 Å². The van der Waals surface area contributed by atoms with Gasteiger partial charge in [-0.2, -0.15) is 0 Å². The van der Waals surface area contributed by atoms with E-state index >= 15 is 0 Å². The Kier molecular flexibility index (Phi) is 6.80. The van der Waals surface area contributed by atoms with Gasteiger partial charge in [0.15, 0.2) is 0 Å². The molecule has 4 aromatic rings. The van der Waals surface area contributed by atoms with Crippen molar-refractivity contribution in [2.75, 3.05) is 4.90 Å². The lowest BCUT2D eigenvalue weighted by atomic mass is 9.88. The van der Waals surface area contributed by atoms with Gasteiger partial charge in [-0.25, -0.2) is 9.78 Å². The van der Waals surface area contributed by atoms with Gasteiger partial charge in [0.2, 0.25) is 5.91 Å². The fraction of sp³-hybridized carbons (Fsp3) is 0.258. The Bertz CT molecular complexity index is 1490. The van der Waals surface area contributed by atoms with Crippen LogP contribution in [0.2, 0.25) is 0 Å². The molecule has 188 valence electrons. The molecule has 1 atom stereocenters. The number of carbonyl (C=O) groups is 2. The number of carboxylic acids is 1. The first kappa shape index (κ1) is 23.2. The lowest BCUT2D eigenvalue weighted by molar-refractivity contribution is -0.131. The number of amides is 1. The second kappa shape index (κ2) is 10.8. The molecule has 0 bridgehead atoms. The van der Waals surface area contributed by atoms with Crippen molar-refractivity contribution >= 4 is 34.7 Å². The quantitative estimate of drug-likeness (QED) is 0.300. The number of hydrogen-bond acceptors (Lipinski definition) is 3. The van der Waals surface area contributed by atoms with Crippen LogP contribution in [-0.4, -0.2) is 26.5 Å². The smallest absolute Gasteiger partial charge is 0.328 e. The number of benzene rings is 3. The Labute approximate surface area is 218 Å². The molecule has 1 heterocycles.